The van der Waals surface area contributed by atoms with Crippen LogP contribution in [0.2, 0.25) is 0 Å². The van der Waals surface area contributed by atoms with Crippen molar-refractivity contribution < 1.29 is 27.9 Å². The normalized spacial score (nSPS) is 12.7. The maximum Gasteiger partial charge on any atom is 0.416 e. The van der Waals surface area contributed by atoms with Crippen LogP contribution in [0.5, 0.6) is 0 Å². The van der Waals surface area contributed by atoms with Crippen LogP contribution < -0.4 is 5.32 Å². The van der Waals surface area contributed by atoms with E-state index in [0.29, 0.717) is 16.2 Å². The molecule has 0 aliphatic heterocycles. The van der Waals surface area contributed by atoms with Crippen LogP contribution >= 0.6 is 0 Å². The fourth-order valence-electron chi connectivity index (χ4n) is 1.67. The molecule has 1 rings (SSSR count). The zero-order valence-corrected chi connectivity index (χ0v) is 12.4. The van der Waals surface area contributed by atoms with E-state index in [1.54, 1.807) is 26.0 Å². The number of amides is 2. The Morgan fingerprint density at radius 3 is 2.45 bits per heavy atom. The molecule has 5 nitrogen and oxygen atoms in total. The van der Waals surface area contributed by atoms with E-state index < -0.39 is 30.6 Å². The van der Waals surface area contributed by atoms with Crippen molar-refractivity contribution in [1.82, 2.24) is 4.90 Å². The predicted octanol–water partition coefficient (Wildman–Crippen LogP) is 1.62. The summed E-state index contributed by atoms with van der Waals surface area (Å²) in [4.78, 5) is 24.1. The van der Waals surface area contributed by atoms with Gasteiger partial charge in [-0.05, 0) is 31.0 Å². The Labute approximate surface area is 125 Å². The van der Waals surface area contributed by atoms with Crippen LogP contribution in [-0.4, -0.2) is 47.7 Å². The van der Waals surface area contributed by atoms with Crippen LogP contribution in [0.15, 0.2) is 18.2 Å². The third kappa shape index (κ3) is 4.73. The highest BCUT2D eigenvalue weighted by Gasteiger charge is 2.39. The van der Waals surface area contributed by atoms with Crippen molar-refractivity contribution in [3.8, 4) is 0 Å². The van der Waals surface area contributed by atoms with Crippen LogP contribution in [0.4, 0.5) is 18.9 Å². The summed E-state index contributed by atoms with van der Waals surface area (Å²) in [5.74, 6) is -2.23. The number of likely N-dealkylation sites (N-methyl/N-ethyl adjacent to an activating group) is 1. The number of hydrogen-bond donors (Lipinski definition) is 2. The highest BCUT2D eigenvalue weighted by atomic mass is 19.4. The van der Waals surface area contributed by atoms with Crippen LogP contribution in [-0.2, 0) is 9.59 Å². The number of anilines is 1. The molecule has 0 fully saturated rings. The molecule has 1 atom stereocenters. The number of hydrogen-bond acceptors (Lipinski definition) is 3. The third-order valence-electron chi connectivity index (χ3n) is 3.01. The van der Waals surface area contributed by atoms with Gasteiger partial charge in [-0.3, -0.25) is 9.59 Å². The standard InChI is InChI=1S/C14H17F3N2O3/c1-8-4-5-9(2)10(6-8)18-12(21)13(22)19(3)7-11(20)14(15,16)17/h4-6,11,20H,7H2,1-3H3,(H,18,21). The van der Waals surface area contributed by atoms with E-state index in [9.17, 15) is 22.8 Å². The Morgan fingerprint density at radius 2 is 1.91 bits per heavy atom. The number of nitrogens with zero attached hydrogens (tertiary/aromatic N) is 1. The SMILES string of the molecule is Cc1ccc(C)c(NC(=O)C(=O)N(C)CC(O)C(F)(F)F)c1. The second kappa shape index (κ2) is 6.78. The number of halogens is 3. The molecule has 2 N–H and O–H groups in total. The summed E-state index contributed by atoms with van der Waals surface area (Å²) >= 11 is 0. The molecule has 0 aliphatic carbocycles. The molecule has 0 radical (unpaired) electrons. The number of aryl methyl sites for hydroxylation is 2. The van der Waals surface area contributed by atoms with Gasteiger partial charge < -0.3 is 15.3 Å². The van der Waals surface area contributed by atoms with Crippen molar-refractivity contribution in [3.63, 3.8) is 0 Å². The van der Waals surface area contributed by atoms with Gasteiger partial charge in [0, 0.05) is 12.7 Å². The number of nitrogens with one attached hydrogen (secondary N) is 1. The first-order valence-electron chi connectivity index (χ1n) is 6.41. The number of carbonyl (C=O) groups is 2. The van der Waals surface area contributed by atoms with Gasteiger partial charge in [0.15, 0.2) is 6.10 Å². The summed E-state index contributed by atoms with van der Waals surface area (Å²) in [5, 5.41) is 11.3. The van der Waals surface area contributed by atoms with Gasteiger partial charge in [-0.1, -0.05) is 12.1 Å². The minimum atomic E-state index is -4.85. The van der Waals surface area contributed by atoms with E-state index >= 15 is 0 Å². The average Bonchev–Trinajstić information content (AvgIpc) is 2.40. The summed E-state index contributed by atoms with van der Waals surface area (Å²) in [5.41, 5.74) is 1.97. The Balaban J connectivity index is 2.73. The van der Waals surface area contributed by atoms with Gasteiger partial charge in [0.05, 0.1) is 6.54 Å². The van der Waals surface area contributed by atoms with Gasteiger partial charge >= 0.3 is 18.0 Å². The highest BCUT2D eigenvalue weighted by molar-refractivity contribution is 6.39. The second-order valence-corrected chi connectivity index (χ2v) is 5.02. The molecule has 0 saturated heterocycles. The maximum atomic E-state index is 12.2. The van der Waals surface area contributed by atoms with Crippen molar-refractivity contribution in [2.45, 2.75) is 26.1 Å². The molecule has 22 heavy (non-hydrogen) atoms. The van der Waals surface area contributed by atoms with Gasteiger partial charge in [0.1, 0.15) is 0 Å². The van der Waals surface area contributed by atoms with Gasteiger partial charge in [0.2, 0.25) is 0 Å². The summed E-state index contributed by atoms with van der Waals surface area (Å²) in [6.07, 6.45) is -7.55. The van der Waals surface area contributed by atoms with Crippen molar-refractivity contribution in [1.29, 1.82) is 0 Å². The molecule has 1 unspecified atom stereocenters. The average molecular weight is 318 g/mol. The number of carbonyl (C=O) groups excluding carboxylic acids is 2. The van der Waals surface area contributed by atoms with Crippen LogP contribution in [0, 0.1) is 13.8 Å². The molecule has 0 heterocycles. The number of aliphatic hydroxyl groups excluding tert-OH is 1. The van der Waals surface area contributed by atoms with Crippen molar-refractivity contribution >= 4 is 17.5 Å². The Hall–Kier alpha value is -2.09. The lowest BCUT2D eigenvalue weighted by Crippen LogP contribution is -2.45. The zero-order chi connectivity index (χ0) is 17.1. The van der Waals surface area contributed by atoms with Crippen LogP contribution in [0.3, 0.4) is 0 Å². The number of alkyl halides is 3. The third-order valence-corrected chi connectivity index (χ3v) is 3.01. The lowest BCUT2D eigenvalue weighted by molar-refractivity contribution is -0.207. The largest absolute Gasteiger partial charge is 0.416 e. The van der Waals surface area contributed by atoms with E-state index in [4.69, 9.17) is 5.11 Å². The molecule has 1 aromatic rings. The van der Waals surface area contributed by atoms with Gasteiger partial charge in [0.25, 0.3) is 0 Å². The summed E-state index contributed by atoms with van der Waals surface area (Å²) < 4.78 is 36.7. The first-order chi connectivity index (χ1) is 10.0. The zero-order valence-electron chi connectivity index (χ0n) is 12.4. The Morgan fingerprint density at radius 1 is 1.32 bits per heavy atom. The molecule has 1 aromatic carbocycles. The second-order valence-electron chi connectivity index (χ2n) is 5.02. The van der Waals surface area contributed by atoms with Crippen LogP contribution in [0.1, 0.15) is 11.1 Å². The molecule has 122 valence electrons. The summed E-state index contributed by atoms with van der Waals surface area (Å²) in [7, 11) is 1.01. The maximum absolute atomic E-state index is 12.2. The van der Waals surface area contributed by atoms with E-state index in [-0.39, 0.29) is 0 Å². The number of aliphatic hydroxyl groups is 1. The van der Waals surface area contributed by atoms with E-state index in [0.717, 1.165) is 12.6 Å². The van der Waals surface area contributed by atoms with E-state index in [2.05, 4.69) is 5.32 Å². The van der Waals surface area contributed by atoms with Gasteiger partial charge in [-0.25, -0.2) is 0 Å². The van der Waals surface area contributed by atoms with Crippen molar-refractivity contribution in [3.05, 3.63) is 29.3 Å². The number of benzene rings is 1. The molecule has 0 aliphatic rings. The number of rotatable bonds is 3. The lowest BCUT2D eigenvalue weighted by Gasteiger charge is -2.22. The lowest BCUT2D eigenvalue weighted by atomic mass is 10.1. The monoisotopic (exact) mass is 318 g/mol. The Bertz CT molecular complexity index is 573. The summed E-state index contributed by atoms with van der Waals surface area (Å²) in [6, 6.07) is 5.20. The molecule has 0 spiro atoms. The molecule has 0 bridgehead atoms. The fourth-order valence-corrected chi connectivity index (χ4v) is 1.67. The van der Waals surface area contributed by atoms with Gasteiger partial charge in [-0.15, -0.1) is 0 Å². The molecule has 8 heteroatoms. The minimum Gasteiger partial charge on any atom is -0.382 e. The van der Waals surface area contributed by atoms with E-state index in [1.807, 2.05) is 6.07 Å². The summed E-state index contributed by atoms with van der Waals surface area (Å²) in [6.45, 7) is 2.50. The highest BCUT2D eigenvalue weighted by Crippen LogP contribution is 2.20. The predicted molar refractivity (Wildman–Crippen MR) is 74.2 cm³/mol. The Kier molecular flexibility index (Phi) is 5.54. The molecule has 0 saturated carbocycles. The first kappa shape index (κ1) is 18.0. The van der Waals surface area contributed by atoms with Crippen molar-refractivity contribution in [2.24, 2.45) is 0 Å². The fraction of sp³-hybridized carbons (Fsp3) is 0.429. The van der Waals surface area contributed by atoms with Gasteiger partial charge in [-0.2, -0.15) is 13.2 Å². The van der Waals surface area contributed by atoms with Crippen molar-refractivity contribution in [2.75, 3.05) is 18.9 Å². The van der Waals surface area contributed by atoms with E-state index in [1.165, 1.54) is 0 Å². The smallest absolute Gasteiger partial charge is 0.382 e. The minimum absolute atomic E-state index is 0.406. The molecule has 0 aromatic heterocycles. The van der Waals surface area contributed by atoms with Crippen LogP contribution in [0.25, 0.3) is 0 Å². The molecular formula is C14H17F3N2O3. The quantitative estimate of drug-likeness (QED) is 0.832. The molecule has 2 amide bonds. The first-order valence-corrected chi connectivity index (χ1v) is 6.41. The topological polar surface area (TPSA) is 69.6 Å². The molecular weight excluding hydrogens is 301 g/mol.